The smallest absolute Gasteiger partial charge is 0.153 e. The van der Waals surface area contributed by atoms with Crippen LogP contribution in [0.5, 0.6) is 0 Å². The molecule has 1 saturated heterocycles. The molecule has 0 bridgehead atoms. The monoisotopic (exact) mass is 255 g/mol. The Bertz CT molecular complexity index is 473. The van der Waals surface area contributed by atoms with E-state index < -0.39 is 9.84 Å². The fraction of sp³-hybridized carbons (Fsp3) is 0.545. The quantitative estimate of drug-likeness (QED) is 0.863. The highest BCUT2D eigenvalue weighted by Crippen LogP contribution is 2.19. The molecule has 1 aromatic rings. The molecule has 1 aliphatic heterocycles. The maximum absolute atomic E-state index is 11.3. The van der Waals surface area contributed by atoms with Crippen molar-refractivity contribution >= 4 is 21.2 Å². The summed E-state index contributed by atoms with van der Waals surface area (Å²) >= 11 is 0. The maximum atomic E-state index is 11.3. The Morgan fingerprint density at radius 3 is 2.71 bits per heavy atom. The standard InChI is InChI=1S/C11H17N3O2S/c1-2-13-10-7-11(9-12-8-10)14-3-5-17(15,16)6-4-14/h7-9,13H,2-6H2,1H3. The van der Waals surface area contributed by atoms with E-state index in [1.165, 1.54) is 0 Å². The van der Waals surface area contributed by atoms with Gasteiger partial charge in [-0.3, -0.25) is 4.98 Å². The molecule has 0 aliphatic carbocycles. The van der Waals surface area contributed by atoms with E-state index in [1.807, 2.05) is 13.0 Å². The van der Waals surface area contributed by atoms with Gasteiger partial charge in [-0.05, 0) is 13.0 Å². The first kappa shape index (κ1) is 12.2. The topological polar surface area (TPSA) is 62.3 Å². The third-order valence-electron chi connectivity index (χ3n) is 2.81. The number of nitrogens with zero attached hydrogens (tertiary/aromatic N) is 2. The number of hydrogen-bond acceptors (Lipinski definition) is 5. The van der Waals surface area contributed by atoms with Crippen molar-refractivity contribution in [1.29, 1.82) is 0 Å². The molecule has 2 heterocycles. The van der Waals surface area contributed by atoms with Crippen LogP contribution in [0, 0.1) is 0 Å². The van der Waals surface area contributed by atoms with Crippen LogP contribution in [-0.4, -0.2) is 44.5 Å². The van der Waals surface area contributed by atoms with Gasteiger partial charge in [-0.1, -0.05) is 0 Å². The minimum absolute atomic E-state index is 0.235. The van der Waals surface area contributed by atoms with Crippen LogP contribution in [0.4, 0.5) is 11.4 Å². The van der Waals surface area contributed by atoms with Crippen molar-refractivity contribution in [3.63, 3.8) is 0 Å². The van der Waals surface area contributed by atoms with Crippen LogP contribution in [-0.2, 0) is 9.84 Å². The third kappa shape index (κ3) is 3.09. The van der Waals surface area contributed by atoms with Gasteiger partial charge in [-0.2, -0.15) is 0 Å². The molecule has 6 heteroatoms. The van der Waals surface area contributed by atoms with Crippen LogP contribution in [0.25, 0.3) is 0 Å². The first-order valence-corrected chi connectivity index (χ1v) is 7.57. The zero-order chi connectivity index (χ0) is 12.3. The fourth-order valence-electron chi connectivity index (χ4n) is 1.87. The summed E-state index contributed by atoms with van der Waals surface area (Å²) in [6.45, 7) is 3.98. The lowest BCUT2D eigenvalue weighted by Crippen LogP contribution is -2.40. The van der Waals surface area contributed by atoms with Crippen LogP contribution in [0.2, 0.25) is 0 Å². The molecule has 5 nitrogen and oxygen atoms in total. The second-order valence-electron chi connectivity index (χ2n) is 4.10. The molecular weight excluding hydrogens is 238 g/mol. The van der Waals surface area contributed by atoms with Gasteiger partial charge in [-0.15, -0.1) is 0 Å². The van der Waals surface area contributed by atoms with E-state index in [9.17, 15) is 8.42 Å². The second kappa shape index (κ2) is 4.91. The van der Waals surface area contributed by atoms with E-state index in [1.54, 1.807) is 12.4 Å². The van der Waals surface area contributed by atoms with Gasteiger partial charge in [0.1, 0.15) is 0 Å². The Kier molecular flexibility index (Phi) is 3.51. The Morgan fingerprint density at radius 1 is 1.35 bits per heavy atom. The van der Waals surface area contributed by atoms with Crippen molar-refractivity contribution in [2.24, 2.45) is 0 Å². The van der Waals surface area contributed by atoms with E-state index >= 15 is 0 Å². The molecule has 1 N–H and O–H groups in total. The lowest BCUT2D eigenvalue weighted by atomic mass is 10.3. The Hall–Kier alpha value is -1.30. The van der Waals surface area contributed by atoms with Crippen LogP contribution in [0.1, 0.15) is 6.92 Å². The van der Waals surface area contributed by atoms with Gasteiger partial charge in [-0.25, -0.2) is 8.42 Å². The molecule has 1 aromatic heterocycles. The van der Waals surface area contributed by atoms with Crippen molar-refractivity contribution in [3.8, 4) is 0 Å². The van der Waals surface area contributed by atoms with Gasteiger partial charge < -0.3 is 10.2 Å². The van der Waals surface area contributed by atoms with E-state index in [0.29, 0.717) is 13.1 Å². The summed E-state index contributed by atoms with van der Waals surface area (Å²) < 4.78 is 22.7. The van der Waals surface area contributed by atoms with Crippen molar-refractivity contribution < 1.29 is 8.42 Å². The van der Waals surface area contributed by atoms with E-state index in [0.717, 1.165) is 17.9 Å². The predicted molar refractivity (Wildman–Crippen MR) is 69.3 cm³/mol. The summed E-state index contributed by atoms with van der Waals surface area (Å²) in [5.41, 5.74) is 1.96. The molecule has 2 rings (SSSR count). The van der Waals surface area contributed by atoms with Gasteiger partial charge >= 0.3 is 0 Å². The summed E-state index contributed by atoms with van der Waals surface area (Å²) in [7, 11) is -2.82. The number of sulfone groups is 1. The summed E-state index contributed by atoms with van der Waals surface area (Å²) in [5.74, 6) is 0.469. The fourth-order valence-corrected chi connectivity index (χ4v) is 3.07. The molecule has 17 heavy (non-hydrogen) atoms. The highest BCUT2D eigenvalue weighted by Gasteiger charge is 2.21. The van der Waals surface area contributed by atoms with Crippen molar-refractivity contribution in [2.75, 3.05) is 41.4 Å². The highest BCUT2D eigenvalue weighted by molar-refractivity contribution is 7.91. The molecule has 1 fully saturated rings. The molecule has 1 aliphatic rings. The van der Waals surface area contributed by atoms with Crippen molar-refractivity contribution in [2.45, 2.75) is 6.92 Å². The van der Waals surface area contributed by atoms with Gasteiger partial charge in [0, 0.05) is 19.6 Å². The second-order valence-corrected chi connectivity index (χ2v) is 6.40. The highest BCUT2D eigenvalue weighted by atomic mass is 32.2. The van der Waals surface area contributed by atoms with Crippen LogP contribution >= 0.6 is 0 Å². The zero-order valence-corrected chi connectivity index (χ0v) is 10.7. The number of nitrogens with one attached hydrogen (secondary N) is 1. The molecule has 0 spiro atoms. The molecule has 0 unspecified atom stereocenters. The van der Waals surface area contributed by atoms with Crippen LogP contribution in [0.3, 0.4) is 0 Å². The number of rotatable bonds is 3. The molecular formula is C11H17N3O2S. The minimum Gasteiger partial charge on any atom is -0.384 e. The van der Waals surface area contributed by atoms with Crippen LogP contribution in [0.15, 0.2) is 18.5 Å². The molecule has 94 valence electrons. The van der Waals surface area contributed by atoms with Gasteiger partial charge in [0.2, 0.25) is 0 Å². The Labute approximate surface area is 102 Å². The molecule has 0 atom stereocenters. The summed E-state index contributed by atoms with van der Waals surface area (Å²) in [6, 6.07) is 2.01. The lowest BCUT2D eigenvalue weighted by molar-refractivity contribution is 0.587. The minimum atomic E-state index is -2.82. The first-order chi connectivity index (χ1) is 8.11. The number of pyridine rings is 1. The summed E-state index contributed by atoms with van der Waals surface area (Å²) in [5, 5.41) is 3.20. The number of aromatic nitrogens is 1. The summed E-state index contributed by atoms with van der Waals surface area (Å²) in [6.07, 6.45) is 3.55. The Morgan fingerprint density at radius 2 is 2.06 bits per heavy atom. The van der Waals surface area contributed by atoms with Gasteiger partial charge in [0.15, 0.2) is 9.84 Å². The molecule has 0 saturated carbocycles. The van der Waals surface area contributed by atoms with E-state index in [2.05, 4.69) is 15.2 Å². The molecule has 0 radical (unpaired) electrons. The first-order valence-electron chi connectivity index (χ1n) is 5.75. The largest absolute Gasteiger partial charge is 0.384 e. The lowest BCUT2D eigenvalue weighted by Gasteiger charge is -2.28. The van der Waals surface area contributed by atoms with E-state index in [-0.39, 0.29) is 11.5 Å². The number of hydrogen-bond donors (Lipinski definition) is 1. The van der Waals surface area contributed by atoms with Crippen molar-refractivity contribution in [3.05, 3.63) is 18.5 Å². The normalized spacial score (nSPS) is 19.0. The molecule has 0 amide bonds. The predicted octanol–water partition coefficient (Wildman–Crippen LogP) is 0.748. The van der Waals surface area contributed by atoms with Crippen molar-refractivity contribution in [1.82, 2.24) is 4.98 Å². The Balaban J connectivity index is 2.10. The maximum Gasteiger partial charge on any atom is 0.153 e. The average Bonchev–Trinajstić information content (AvgIpc) is 2.30. The zero-order valence-electron chi connectivity index (χ0n) is 9.89. The van der Waals surface area contributed by atoms with Gasteiger partial charge in [0.25, 0.3) is 0 Å². The average molecular weight is 255 g/mol. The SMILES string of the molecule is CCNc1cncc(N2CCS(=O)(=O)CC2)c1. The van der Waals surface area contributed by atoms with Crippen LogP contribution < -0.4 is 10.2 Å². The van der Waals surface area contributed by atoms with E-state index in [4.69, 9.17) is 0 Å². The summed E-state index contributed by atoms with van der Waals surface area (Å²) in [4.78, 5) is 6.23. The third-order valence-corrected chi connectivity index (χ3v) is 4.42. The number of anilines is 2. The van der Waals surface area contributed by atoms with Gasteiger partial charge in [0.05, 0.1) is 35.3 Å². The molecule has 0 aromatic carbocycles.